The van der Waals surface area contributed by atoms with E-state index in [0.29, 0.717) is 0 Å². The van der Waals surface area contributed by atoms with Crippen LogP contribution < -0.4 is 5.32 Å². The van der Waals surface area contributed by atoms with Gasteiger partial charge in [-0.2, -0.15) is 11.3 Å². The summed E-state index contributed by atoms with van der Waals surface area (Å²) in [5.74, 6) is 0. The van der Waals surface area contributed by atoms with Crippen molar-refractivity contribution in [2.45, 2.75) is 19.3 Å². The molecular weight excluding hydrogens is 254 g/mol. The standard InChI is InChI=1S/C15H27N3S/c1-17(11-12-18-8-2-3-9-18)10-7-16-6-4-15-5-13-19-14-15/h5,13-14,16H,2-4,6-12H2,1H3. The SMILES string of the molecule is CN(CCNCCc1ccsc1)CCN1CCCC1. The highest BCUT2D eigenvalue weighted by Gasteiger charge is 2.11. The largest absolute Gasteiger partial charge is 0.315 e. The highest BCUT2D eigenvalue weighted by Crippen LogP contribution is 2.06. The van der Waals surface area contributed by atoms with Crippen LogP contribution in [-0.2, 0) is 6.42 Å². The maximum absolute atomic E-state index is 3.53. The van der Waals surface area contributed by atoms with Crippen molar-refractivity contribution >= 4 is 11.3 Å². The maximum Gasteiger partial charge on any atom is 0.0109 e. The number of likely N-dealkylation sites (N-methyl/N-ethyl adjacent to an activating group) is 1. The first-order valence-corrected chi connectivity index (χ1v) is 8.41. The van der Waals surface area contributed by atoms with Gasteiger partial charge < -0.3 is 15.1 Å². The van der Waals surface area contributed by atoms with E-state index in [-0.39, 0.29) is 0 Å². The van der Waals surface area contributed by atoms with Gasteiger partial charge in [0, 0.05) is 26.2 Å². The van der Waals surface area contributed by atoms with Crippen molar-refractivity contribution in [3.63, 3.8) is 0 Å². The van der Waals surface area contributed by atoms with Gasteiger partial charge in [-0.15, -0.1) is 0 Å². The molecule has 1 aliphatic heterocycles. The summed E-state index contributed by atoms with van der Waals surface area (Å²) in [7, 11) is 2.23. The molecule has 3 nitrogen and oxygen atoms in total. The van der Waals surface area contributed by atoms with E-state index in [1.54, 1.807) is 11.3 Å². The fourth-order valence-electron chi connectivity index (χ4n) is 2.49. The van der Waals surface area contributed by atoms with Crippen molar-refractivity contribution in [3.05, 3.63) is 22.4 Å². The molecule has 0 unspecified atom stereocenters. The number of thiophene rings is 1. The molecule has 1 fully saturated rings. The van der Waals surface area contributed by atoms with E-state index in [2.05, 4.69) is 39.0 Å². The molecule has 0 bridgehead atoms. The number of rotatable bonds is 9. The van der Waals surface area contributed by atoms with Crippen molar-refractivity contribution < 1.29 is 0 Å². The summed E-state index contributed by atoms with van der Waals surface area (Å²) >= 11 is 1.79. The first-order valence-electron chi connectivity index (χ1n) is 7.47. The van der Waals surface area contributed by atoms with E-state index in [1.165, 1.54) is 44.6 Å². The van der Waals surface area contributed by atoms with E-state index in [0.717, 1.165) is 26.1 Å². The van der Waals surface area contributed by atoms with E-state index in [9.17, 15) is 0 Å². The summed E-state index contributed by atoms with van der Waals surface area (Å²) in [5, 5.41) is 7.93. The van der Waals surface area contributed by atoms with Crippen LogP contribution in [0.2, 0.25) is 0 Å². The number of hydrogen-bond acceptors (Lipinski definition) is 4. The smallest absolute Gasteiger partial charge is 0.0109 e. The lowest BCUT2D eigenvalue weighted by Gasteiger charge is -2.21. The lowest BCUT2D eigenvalue weighted by molar-refractivity contribution is 0.257. The quantitative estimate of drug-likeness (QED) is 0.698. The van der Waals surface area contributed by atoms with Crippen molar-refractivity contribution in [3.8, 4) is 0 Å². The zero-order valence-electron chi connectivity index (χ0n) is 12.1. The summed E-state index contributed by atoms with van der Waals surface area (Å²) < 4.78 is 0. The molecule has 0 radical (unpaired) electrons. The Morgan fingerprint density at radius 2 is 2.11 bits per heavy atom. The highest BCUT2D eigenvalue weighted by atomic mass is 32.1. The number of likely N-dealkylation sites (tertiary alicyclic amines) is 1. The topological polar surface area (TPSA) is 18.5 Å². The van der Waals surface area contributed by atoms with Crippen LogP contribution in [0.15, 0.2) is 16.8 Å². The zero-order chi connectivity index (χ0) is 13.3. The number of nitrogens with one attached hydrogen (secondary N) is 1. The molecule has 1 aromatic heterocycles. The Labute approximate surface area is 121 Å². The third-order valence-electron chi connectivity index (χ3n) is 3.84. The molecule has 2 heterocycles. The second-order valence-corrected chi connectivity index (χ2v) is 6.26. The van der Waals surface area contributed by atoms with E-state index in [4.69, 9.17) is 0 Å². The Morgan fingerprint density at radius 1 is 1.26 bits per heavy atom. The molecule has 1 aliphatic rings. The van der Waals surface area contributed by atoms with Crippen molar-refractivity contribution in [2.75, 3.05) is 52.9 Å². The second kappa shape index (κ2) is 8.69. The Hall–Kier alpha value is -0.420. The Kier molecular flexibility index (Phi) is 6.85. The molecule has 0 atom stereocenters. The van der Waals surface area contributed by atoms with Gasteiger partial charge in [0.05, 0.1) is 0 Å². The Morgan fingerprint density at radius 3 is 2.84 bits per heavy atom. The lowest BCUT2D eigenvalue weighted by Crippen LogP contribution is -2.35. The molecule has 19 heavy (non-hydrogen) atoms. The van der Waals surface area contributed by atoms with Crippen molar-refractivity contribution in [2.24, 2.45) is 0 Å². The minimum atomic E-state index is 1.09. The second-order valence-electron chi connectivity index (χ2n) is 5.48. The van der Waals surface area contributed by atoms with Gasteiger partial charge in [-0.1, -0.05) is 0 Å². The normalized spacial score (nSPS) is 16.5. The number of nitrogens with zero attached hydrogens (tertiary/aromatic N) is 2. The van der Waals surface area contributed by atoms with Crippen LogP contribution in [0.4, 0.5) is 0 Å². The van der Waals surface area contributed by atoms with Crippen LogP contribution in [0, 0.1) is 0 Å². The van der Waals surface area contributed by atoms with Gasteiger partial charge in [-0.05, 0) is 68.3 Å². The molecule has 1 saturated heterocycles. The first kappa shape index (κ1) is 15.0. The monoisotopic (exact) mass is 281 g/mol. The van der Waals surface area contributed by atoms with Crippen LogP contribution in [0.25, 0.3) is 0 Å². The molecular formula is C15H27N3S. The maximum atomic E-state index is 3.53. The van der Waals surface area contributed by atoms with Gasteiger partial charge in [0.25, 0.3) is 0 Å². The van der Waals surface area contributed by atoms with Crippen LogP contribution >= 0.6 is 11.3 Å². The van der Waals surface area contributed by atoms with Gasteiger partial charge in [-0.25, -0.2) is 0 Å². The van der Waals surface area contributed by atoms with Gasteiger partial charge in [-0.3, -0.25) is 0 Å². The minimum absolute atomic E-state index is 1.09. The molecule has 1 N–H and O–H groups in total. The Bertz CT molecular complexity index is 320. The van der Waals surface area contributed by atoms with Crippen molar-refractivity contribution in [1.29, 1.82) is 0 Å². The average Bonchev–Trinajstić information content (AvgIpc) is 3.09. The average molecular weight is 281 g/mol. The third kappa shape index (κ3) is 6.04. The van der Waals surface area contributed by atoms with Crippen LogP contribution in [-0.4, -0.2) is 62.7 Å². The molecule has 1 aromatic rings. The molecule has 108 valence electrons. The number of hydrogen-bond donors (Lipinski definition) is 1. The third-order valence-corrected chi connectivity index (χ3v) is 4.57. The molecule has 4 heteroatoms. The van der Waals surface area contributed by atoms with Gasteiger partial charge in [0.2, 0.25) is 0 Å². The fourth-order valence-corrected chi connectivity index (χ4v) is 3.20. The van der Waals surface area contributed by atoms with Gasteiger partial charge in [0.1, 0.15) is 0 Å². The summed E-state index contributed by atoms with van der Waals surface area (Å²) in [4.78, 5) is 5.02. The predicted molar refractivity (Wildman–Crippen MR) is 84.1 cm³/mol. The molecule has 2 rings (SSSR count). The fraction of sp³-hybridized carbons (Fsp3) is 0.733. The summed E-state index contributed by atoms with van der Waals surface area (Å²) in [5.41, 5.74) is 1.46. The lowest BCUT2D eigenvalue weighted by atomic mass is 10.2. The Balaban J connectivity index is 1.43. The van der Waals surface area contributed by atoms with E-state index in [1.807, 2.05) is 0 Å². The minimum Gasteiger partial charge on any atom is -0.315 e. The van der Waals surface area contributed by atoms with Crippen LogP contribution in [0.1, 0.15) is 18.4 Å². The van der Waals surface area contributed by atoms with Crippen LogP contribution in [0.3, 0.4) is 0 Å². The molecule has 0 spiro atoms. The van der Waals surface area contributed by atoms with E-state index >= 15 is 0 Å². The summed E-state index contributed by atoms with van der Waals surface area (Å²) in [6.07, 6.45) is 3.95. The highest BCUT2D eigenvalue weighted by molar-refractivity contribution is 7.07. The molecule has 0 amide bonds. The molecule has 0 aromatic carbocycles. The van der Waals surface area contributed by atoms with Gasteiger partial charge >= 0.3 is 0 Å². The predicted octanol–water partition coefficient (Wildman–Crippen LogP) is 1.91. The van der Waals surface area contributed by atoms with Crippen molar-refractivity contribution in [1.82, 2.24) is 15.1 Å². The molecule has 0 aliphatic carbocycles. The van der Waals surface area contributed by atoms with E-state index < -0.39 is 0 Å². The van der Waals surface area contributed by atoms with Gasteiger partial charge in [0.15, 0.2) is 0 Å². The zero-order valence-corrected chi connectivity index (χ0v) is 12.9. The molecule has 0 saturated carbocycles. The first-order chi connectivity index (χ1) is 9.34. The summed E-state index contributed by atoms with van der Waals surface area (Å²) in [6.45, 7) is 8.41. The summed E-state index contributed by atoms with van der Waals surface area (Å²) in [6, 6.07) is 2.22. The van der Waals surface area contributed by atoms with Crippen LogP contribution in [0.5, 0.6) is 0 Å².